The molecule has 3 aromatic heterocycles. The minimum absolute atomic E-state index is 0.206. The molecule has 0 atom stereocenters. The van der Waals surface area contributed by atoms with Gasteiger partial charge in [0.25, 0.3) is 0 Å². The first-order valence-electron chi connectivity index (χ1n) is 10.4. The van der Waals surface area contributed by atoms with E-state index < -0.39 is 11.9 Å². The fraction of sp³-hybridized carbons (Fsp3) is 0.250. The van der Waals surface area contributed by atoms with Crippen LogP contribution < -0.4 is 0 Å². The third-order valence-electron chi connectivity index (χ3n) is 5.76. The molecule has 0 N–H and O–H groups in total. The molecule has 5 rings (SSSR count). The van der Waals surface area contributed by atoms with E-state index >= 15 is 0 Å². The number of alkyl halides is 3. The van der Waals surface area contributed by atoms with Gasteiger partial charge < -0.3 is 0 Å². The van der Waals surface area contributed by atoms with Gasteiger partial charge in [-0.2, -0.15) is 23.5 Å². The van der Waals surface area contributed by atoms with Crippen molar-refractivity contribution in [2.24, 2.45) is 0 Å². The third kappa shape index (κ3) is 3.95. The first-order chi connectivity index (χ1) is 15.8. The quantitative estimate of drug-likeness (QED) is 0.330. The van der Waals surface area contributed by atoms with Crippen LogP contribution in [0.2, 0.25) is 0 Å². The summed E-state index contributed by atoms with van der Waals surface area (Å²) in [5, 5.41) is 14.2. The van der Waals surface area contributed by atoms with Crippen LogP contribution in [0.3, 0.4) is 0 Å². The minimum Gasteiger partial charge on any atom is -0.251 e. The third-order valence-corrected chi connectivity index (χ3v) is 6.66. The number of nitrogens with zero attached hydrogens (tertiary/aromatic N) is 5. The molecular weight excluding hydrogens is 447 g/mol. The fourth-order valence-corrected chi connectivity index (χ4v) is 4.58. The monoisotopic (exact) mass is 465 g/mol. The van der Waals surface area contributed by atoms with Gasteiger partial charge in [-0.25, -0.2) is 9.67 Å². The van der Waals surface area contributed by atoms with Crippen molar-refractivity contribution in [1.82, 2.24) is 19.7 Å². The molecule has 1 saturated carbocycles. The Labute approximate surface area is 192 Å². The summed E-state index contributed by atoms with van der Waals surface area (Å²) < 4.78 is 40.5. The number of fused-ring (bicyclic) bond motifs is 1. The van der Waals surface area contributed by atoms with Gasteiger partial charge in [0.2, 0.25) is 0 Å². The maximum absolute atomic E-state index is 13.0. The van der Waals surface area contributed by atoms with E-state index in [0.29, 0.717) is 11.2 Å². The Balaban J connectivity index is 1.51. The molecule has 4 aromatic rings. The molecule has 33 heavy (non-hydrogen) atoms. The van der Waals surface area contributed by atoms with Crippen molar-refractivity contribution in [3.05, 3.63) is 66.2 Å². The van der Waals surface area contributed by atoms with Gasteiger partial charge in [-0.3, -0.25) is 4.98 Å². The molecule has 3 heterocycles. The number of hydrogen-bond acceptors (Lipinski definition) is 5. The van der Waals surface area contributed by atoms with E-state index in [1.54, 1.807) is 24.2 Å². The van der Waals surface area contributed by atoms with Crippen LogP contribution in [0.1, 0.15) is 31.0 Å². The van der Waals surface area contributed by atoms with Crippen LogP contribution in [0.5, 0.6) is 0 Å². The number of benzene rings is 1. The van der Waals surface area contributed by atoms with Crippen LogP contribution in [0.25, 0.3) is 27.8 Å². The highest BCUT2D eigenvalue weighted by Crippen LogP contribution is 2.47. The normalized spacial score (nSPS) is 14.9. The van der Waals surface area contributed by atoms with Crippen LogP contribution in [-0.2, 0) is 11.6 Å². The summed E-state index contributed by atoms with van der Waals surface area (Å²) in [4.78, 5) is 8.97. The SMILES string of the molecule is CCSc1cc(-c2ccc(C3(C#N)CC3)cc2)cnc1-n1cc2cnc(C(F)(F)F)cc2n1. The topological polar surface area (TPSA) is 67.4 Å². The Morgan fingerprint density at radius 3 is 2.48 bits per heavy atom. The lowest BCUT2D eigenvalue weighted by atomic mass is 9.95. The molecule has 0 spiro atoms. The van der Waals surface area contributed by atoms with Gasteiger partial charge in [-0.1, -0.05) is 31.2 Å². The van der Waals surface area contributed by atoms with Gasteiger partial charge in [0.15, 0.2) is 5.82 Å². The van der Waals surface area contributed by atoms with Gasteiger partial charge in [0.1, 0.15) is 5.69 Å². The lowest BCUT2D eigenvalue weighted by Crippen LogP contribution is -2.07. The summed E-state index contributed by atoms with van der Waals surface area (Å²) in [6, 6.07) is 13.4. The van der Waals surface area contributed by atoms with Gasteiger partial charge in [-0.15, -0.1) is 11.8 Å². The molecule has 0 amide bonds. The first kappa shape index (κ1) is 21.5. The smallest absolute Gasteiger partial charge is 0.251 e. The Morgan fingerprint density at radius 2 is 1.85 bits per heavy atom. The average molecular weight is 466 g/mol. The fourth-order valence-electron chi connectivity index (χ4n) is 3.78. The Bertz CT molecular complexity index is 1380. The van der Waals surface area contributed by atoms with Crippen molar-refractivity contribution in [3.63, 3.8) is 0 Å². The van der Waals surface area contributed by atoms with Gasteiger partial charge in [-0.05, 0) is 41.9 Å². The lowest BCUT2D eigenvalue weighted by molar-refractivity contribution is -0.141. The first-order valence-corrected chi connectivity index (χ1v) is 11.4. The molecule has 0 unspecified atom stereocenters. The van der Waals surface area contributed by atoms with E-state index in [9.17, 15) is 18.4 Å². The molecule has 0 bridgehead atoms. The largest absolute Gasteiger partial charge is 0.433 e. The van der Waals surface area contributed by atoms with Crippen LogP contribution in [0.4, 0.5) is 13.2 Å². The van der Waals surface area contributed by atoms with Crippen LogP contribution in [0.15, 0.2) is 59.9 Å². The predicted molar refractivity (Wildman–Crippen MR) is 120 cm³/mol. The summed E-state index contributed by atoms with van der Waals surface area (Å²) >= 11 is 1.58. The number of thioether (sulfide) groups is 1. The van der Waals surface area contributed by atoms with E-state index in [0.717, 1.165) is 46.2 Å². The van der Waals surface area contributed by atoms with Crippen LogP contribution >= 0.6 is 11.8 Å². The van der Waals surface area contributed by atoms with Crippen molar-refractivity contribution < 1.29 is 13.2 Å². The molecule has 5 nitrogen and oxygen atoms in total. The number of aromatic nitrogens is 4. The summed E-state index contributed by atoms with van der Waals surface area (Å²) in [6.07, 6.45) is 1.81. The molecule has 1 fully saturated rings. The van der Waals surface area contributed by atoms with Crippen LogP contribution in [-0.4, -0.2) is 25.5 Å². The minimum atomic E-state index is -4.52. The molecule has 0 radical (unpaired) electrons. The highest BCUT2D eigenvalue weighted by atomic mass is 32.2. The molecule has 0 aliphatic heterocycles. The predicted octanol–water partition coefficient (Wildman–Crippen LogP) is 6.17. The second-order valence-corrected chi connectivity index (χ2v) is 9.26. The average Bonchev–Trinajstić information content (AvgIpc) is 3.50. The zero-order chi connectivity index (χ0) is 23.2. The molecule has 166 valence electrons. The summed E-state index contributed by atoms with van der Waals surface area (Å²) in [7, 11) is 0. The van der Waals surface area contributed by atoms with Crippen molar-refractivity contribution in [3.8, 4) is 23.0 Å². The number of rotatable bonds is 5. The zero-order valence-corrected chi connectivity index (χ0v) is 18.4. The Morgan fingerprint density at radius 1 is 1.09 bits per heavy atom. The van der Waals surface area contributed by atoms with E-state index in [1.807, 2.05) is 37.3 Å². The summed E-state index contributed by atoms with van der Waals surface area (Å²) in [5.41, 5.74) is 1.84. The number of pyridine rings is 2. The van der Waals surface area contributed by atoms with Crippen molar-refractivity contribution >= 4 is 22.7 Å². The van der Waals surface area contributed by atoms with E-state index in [1.165, 1.54) is 10.9 Å². The highest BCUT2D eigenvalue weighted by Gasteiger charge is 2.44. The highest BCUT2D eigenvalue weighted by molar-refractivity contribution is 7.99. The lowest BCUT2D eigenvalue weighted by Gasteiger charge is -2.11. The molecule has 1 aliphatic carbocycles. The Hall–Kier alpha value is -3.38. The summed E-state index contributed by atoms with van der Waals surface area (Å²) in [6.45, 7) is 2.02. The van der Waals surface area contributed by atoms with E-state index in [-0.39, 0.29) is 10.9 Å². The molecule has 1 aliphatic rings. The number of hydrogen-bond donors (Lipinski definition) is 0. The maximum Gasteiger partial charge on any atom is 0.433 e. The van der Waals surface area contributed by atoms with E-state index in [4.69, 9.17) is 0 Å². The van der Waals surface area contributed by atoms with E-state index in [2.05, 4.69) is 21.1 Å². The van der Waals surface area contributed by atoms with Crippen molar-refractivity contribution in [1.29, 1.82) is 5.26 Å². The van der Waals surface area contributed by atoms with Crippen LogP contribution in [0, 0.1) is 11.3 Å². The summed E-state index contributed by atoms with van der Waals surface area (Å²) in [5.74, 6) is 1.34. The van der Waals surface area contributed by atoms with Gasteiger partial charge in [0.05, 0.1) is 21.9 Å². The van der Waals surface area contributed by atoms with Crippen molar-refractivity contribution in [2.45, 2.75) is 36.3 Å². The molecule has 9 heteroatoms. The second kappa shape index (κ2) is 7.89. The number of halogens is 3. The standard InChI is InChI=1S/C24H18F3N5S/c1-2-33-20-9-16(15-3-5-18(6-4-15)23(14-28)7-8-23)11-30-22(20)32-13-17-12-29-21(24(25,26)27)10-19(17)31-32/h3-6,9-13H,2,7-8H2,1H3. The Kier molecular flexibility index (Phi) is 5.13. The second-order valence-electron chi connectivity index (χ2n) is 7.95. The molecule has 1 aromatic carbocycles. The van der Waals surface area contributed by atoms with Gasteiger partial charge in [0, 0.05) is 29.5 Å². The number of nitriles is 1. The molecular formula is C24H18F3N5S. The van der Waals surface area contributed by atoms with Crippen molar-refractivity contribution in [2.75, 3.05) is 5.75 Å². The molecule has 0 saturated heterocycles. The zero-order valence-electron chi connectivity index (χ0n) is 17.6. The van der Waals surface area contributed by atoms with Gasteiger partial charge >= 0.3 is 6.18 Å². The maximum atomic E-state index is 13.0.